The predicted octanol–water partition coefficient (Wildman–Crippen LogP) is 3.93. The van der Waals surface area contributed by atoms with Gasteiger partial charge in [0.05, 0.1) is 17.6 Å². The van der Waals surface area contributed by atoms with Crippen LogP contribution in [-0.4, -0.2) is 46.2 Å². The number of aromatic nitrogens is 2. The molecule has 0 aliphatic carbocycles. The van der Waals surface area contributed by atoms with Gasteiger partial charge in [0, 0.05) is 42.8 Å². The van der Waals surface area contributed by atoms with E-state index in [-0.39, 0.29) is 23.7 Å². The third-order valence-corrected chi connectivity index (χ3v) is 6.50. The van der Waals surface area contributed by atoms with Crippen LogP contribution >= 0.6 is 0 Å². The summed E-state index contributed by atoms with van der Waals surface area (Å²) in [5.41, 5.74) is 3.67. The lowest BCUT2D eigenvalue weighted by Gasteiger charge is -2.32. The van der Waals surface area contributed by atoms with Gasteiger partial charge in [-0.25, -0.2) is 4.79 Å². The van der Waals surface area contributed by atoms with Crippen molar-refractivity contribution in [2.75, 3.05) is 19.7 Å². The third-order valence-electron chi connectivity index (χ3n) is 6.50. The Morgan fingerprint density at radius 3 is 2.82 bits per heavy atom. The highest BCUT2D eigenvalue weighted by Crippen LogP contribution is 2.36. The maximum Gasteiger partial charge on any atom is 0.326 e. The van der Waals surface area contributed by atoms with E-state index in [0.29, 0.717) is 19.7 Å². The lowest BCUT2D eigenvalue weighted by molar-refractivity contribution is -0.127. The van der Waals surface area contributed by atoms with Crippen LogP contribution in [0.25, 0.3) is 17.1 Å². The van der Waals surface area contributed by atoms with Crippen molar-refractivity contribution in [2.24, 2.45) is 0 Å². The van der Waals surface area contributed by atoms with E-state index in [9.17, 15) is 9.59 Å². The molecule has 5 rings (SSSR count). The van der Waals surface area contributed by atoms with Gasteiger partial charge in [-0.3, -0.25) is 9.36 Å². The van der Waals surface area contributed by atoms with E-state index in [1.165, 1.54) is 0 Å². The second kappa shape index (κ2) is 8.81. The Kier molecular flexibility index (Phi) is 5.70. The molecule has 172 valence electrons. The number of hydrogen-bond acceptors (Lipinski definition) is 4. The fourth-order valence-corrected chi connectivity index (χ4v) is 4.91. The number of aromatic amines is 1. The number of carbonyl (C=O) groups excluding carboxylic acids is 1. The molecular weight excluding hydrogens is 418 g/mol. The van der Waals surface area contributed by atoms with E-state index in [1.54, 1.807) is 6.08 Å². The van der Waals surface area contributed by atoms with Crippen molar-refractivity contribution in [1.29, 1.82) is 0 Å². The Balaban J connectivity index is 1.28. The molecular formula is C26H29N3O4. The number of rotatable bonds is 5. The summed E-state index contributed by atoms with van der Waals surface area (Å²) in [6.45, 7) is 5.79. The van der Waals surface area contributed by atoms with E-state index < -0.39 is 0 Å². The van der Waals surface area contributed by atoms with Crippen LogP contribution in [0, 0.1) is 0 Å². The largest absolute Gasteiger partial charge is 0.493 e. The standard InChI is InChI=1S/C26H29N3O4/c1-3-32-23-16-19-14-17(2)33-24(19)15-18(23)8-9-25(30)28-12-10-20(11-13-28)29-22-7-5-4-6-21(22)27-26(29)31/h4-9,15-17,20H,3,10-14H2,1-2H3,(H,27,31). The fraction of sp³-hybridized carbons (Fsp3) is 0.385. The molecule has 3 heterocycles. The van der Waals surface area contributed by atoms with Crippen molar-refractivity contribution in [3.63, 3.8) is 0 Å². The number of carbonyl (C=O) groups is 1. The van der Waals surface area contributed by atoms with Crippen LogP contribution in [0.4, 0.5) is 0 Å². The van der Waals surface area contributed by atoms with E-state index >= 15 is 0 Å². The molecule has 0 saturated carbocycles. The van der Waals surface area contributed by atoms with Gasteiger partial charge in [0.1, 0.15) is 17.6 Å². The molecule has 1 atom stereocenters. The SMILES string of the molecule is CCOc1cc2c(cc1C=CC(=O)N1CCC(n3c(=O)[nH]c4ccccc43)CC1)OC(C)C2. The summed E-state index contributed by atoms with van der Waals surface area (Å²) in [6, 6.07) is 11.8. The van der Waals surface area contributed by atoms with Crippen LogP contribution in [0.15, 0.2) is 47.3 Å². The molecule has 1 amide bonds. The first-order valence-corrected chi connectivity index (χ1v) is 11.7. The Morgan fingerprint density at radius 1 is 1.24 bits per heavy atom. The van der Waals surface area contributed by atoms with Crippen LogP contribution in [0.5, 0.6) is 11.5 Å². The van der Waals surface area contributed by atoms with Crippen molar-refractivity contribution in [1.82, 2.24) is 14.5 Å². The zero-order valence-electron chi connectivity index (χ0n) is 19.0. The van der Waals surface area contributed by atoms with E-state index in [2.05, 4.69) is 4.98 Å². The number of benzene rings is 2. The highest BCUT2D eigenvalue weighted by Gasteiger charge is 2.25. The molecule has 1 unspecified atom stereocenters. The minimum atomic E-state index is -0.0857. The summed E-state index contributed by atoms with van der Waals surface area (Å²) < 4.78 is 13.5. The van der Waals surface area contributed by atoms with Crippen molar-refractivity contribution in [3.05, 3.63) is 64.1 Å². The number of para-hydroxylation sites is 2. The molecule has 2 aliphatic heterocycles. The molecule has 1 aromatic heterocycles. The van der Waals surface area contributed by atoms with Crippen molar-refractivity contribution in [2.45, 2.75) is 45.3 Å². The van der Waals surface area contributed by atoms with Crippen LogP contribution in [-0.2, 0) is 11.2 Å². The first-order chi connectivity index (χ1) is 16.0. The molecule has 1 saturated heterocycles. The summed E-state index contributed by atoms with van der Waals surface area (Å²) in [5, 5.41) is 0. The van der Waals surface area contributed by atoms with Crippen LogP contribution < -0.4 is 15.2 Å². The minimum absolute atomic E-state index is 0.0306. The van der Waals surface area contributed by atoms with Gasteiger partial charge < -0.3 is 19.4 Å². The van der Waals surface area contributed by atoms with Gasteiger partial charge in [0.15, 0.2) is 0 Å². The number of amides is 1. The molecule has 2 aromatic carbocycles. The Morgan fingerprint density at radius 2 is 2.03 bits per heavy atom. The topological polar surface area (TPSA) is 76.6 Å². The Bertz CT molecular complexity index is 1260. The lowest BCUT2D eigenvalue weighted by Crippen LogP contribution is -2.39. The number of hydrogen-bond donors (Lipinski definition) is 1. The molecule has 1 fully saturated rings. The first kappa shape index (κ1) is 21.4. The second-order valence-corrected chi connectivity index (χ2v) is 8.77. The molecule has 7 heteroatoms. The highest BCUT2D eigenvalue weighted by molar-refractivity contribution is 5.92. The monoisotopic (exact) mass is 447 g/mol. The molecule has 1 N–H and O–H groups in total. The van der Waals surface area contributed by atoms with Gasteiger partial charge >= 0.3 is 5.69 Å². The quantitative estimate of drug-likeness (QED) is 0.602. The predicted molar refractivity (Wildman–Crippen MR) is 128 cm³/mol. The van der Waals surface area contributed by atoms with Crippen LogP contribution in [0.2, 0.25) is 0 Å². The molecule has 33 heavy (non-hydrogen) atoms. The van der Waals surface area contributed by atoms with Gasteiger partial charge in [-0.15, -0.1) is 0 Å². The number of likely N-dealkylation sites (tertiary alicyclic amines) is 1. The van der Waals surface area contributed by atoms with Gasteiger partial charge in [0.25, 0.3) is 0 Å². The minimum Gasteiger partial charge on any atom is -0.493 e. The summed E-state index contributed by atoms with van der Waals surface area (Å²) in [6.07, 6.45) is 5.94. The van der Waals surface area contributed by atoms with Gasteiger partial charge in [-0.2, -0.15) is 0 Å². The maximum atomic E-state index is 12.9. The van der Waals surface area contributed by atoms with Crippen molar-refractivity contribution >= 4 is 23.0 Å². The van der Waals surface area contributed by atoms with E-state index in [4.69, 9.17) is 9.47 Å². The number of imidazole rings is 1. The summed E-state index contributed by atoms with van der Waals surface area (Å²) in [5.74, 6) is 1.61. The number of H-pyrrole nitrogens is 1. The first-order valence-electron chi connectivity index (χ1n) is 11.7. The molecule has 0 spiro atoms. The average Bonchev–Trinajstić information content (AvgIpc) is 3.34. The average molecular weight is 448 g/mol. The summed E-state index contributed by atoms with van der Waals surface area (Å²) in [4.78, 5) is 30.2. The van der Waals surface area contributed by atoms with Gasteiger partial charge in [0.2, 0.25) is 5.91 Å². The molecule has 0 bridgehead atoms. The number of nitrogens with zero attached hydrogens (tertiary/aromatic N) is 2. The van der Waals surface area contributed by atoms with E-state index in [1.807, 2.05) is 65.8 Å². The van der Waals surface area contributed by atoms with Crippen LogP contribution in [0.1, 0.15) is 43.9 Å². The lowest BCUT2D eigenvalue weighted by atomic mass is 10.0. The van der Waals surface area contributed by atoms with Gasteiger partial charge in [-0.05, 0) is 57.0 Å². The summed E-state index contributed by atoms with van der Waals surface area (Å²) >= 11 is 0. The maximum absolute atomic E-state index is 12.9. The molecule has 0 radical (unpaired) electrons. The fourth-order valence-electron chi connectivity index (χ4n) is 4.91. The molecule has 3 aromatic rings. The Labute approximate surface area is 192 Å². The zero-order chi connectivity index (χ0) is 22.9. The smallest absolute Gasteiger partial charge is 0.326 e. The number of fused-ring (bicyclic) bond motifs is 2. The second-order valence-electron chi connectivity index (χ2n) is 8.77. The molecule has 7 nitrogen and oxygen atoms in total. The molecule has 2 aliphatic rings. The third kappa shape index (κ3) is 4.15. The highest BCUT2D eigenvalue weighted by atomic mass is 16.5. The number of ether oxygens (including phenoxy) is 2. The van der Waals surface area contributed by atoms with Crippen LogP contribution in [0.3, 0.4) is 0 Å². The zero-order valence-corrected chi connectivity index (χ0v) is 19.0. The number of piperidine rings is 1. The van der Waals surface area contributed by atoms with Gasteiger partial charge in [-0.1, -0.05) is 12.1 Å². The van der Waals surface area contributed by atoms with Crippen molar-refractivity contribution < 1.29 is 14.3 Å². The number of nitrogens with one attached hydrogen (secondary N) is 1. The Hall–Kier alpha value is -3.48. The van der Waals surface area contributed by atoms with E-state index in [0.717, 1.165) is 52.9 Å². The normalized spacial score (nSPS) is 18.6. The van der Waals surface area contributed by atoms with Crippen molar-refractivity contribution in [3.8, 4) is 11.5 Å². The summed E-state index contributed by atoms with van der Waals surface area (Å²) in [7, 11) is 0.